The molecule has 2 aliphatic rings. The molecule has 4 rings (SSSR count). The number of halogens is 1. The van der Waals surface area contributed by atoms with Gasteiger partial charge in [-0.2, -0.15) is 0 Å². The minimum absolute atomic E-state index is 0.0732. The second-order valence-electron chi connectivity index (χ2n) is 6.74. The van der Waals surface area contributed by atoms with E-state index in [1.807, 2.05) is 0 Å². The monoisotopic (exact) mass is 385 g/mol. The van der Waals surface area contributed by atoms with Gasteiger partial charge in [0.15, 0.2) is 0 Å². The lowest BCUT2D eigenvalue weighted by Gasteiger charge is -2.27. The summed E-state index contributed by atoms with van der Waals surface area (Å²) in [6, 6.07) is 7.51. The summed E-state index contributed by atoms with van der Waals surface area (Å²) in [5.74, 6) is -0.343. The number of hydrogen-bond donors (Lipinski definition) is 1. The molecule has 1 N–H and O–H groups in total. The van der Waals surface area contributed by atoms with Gasteiger partial charge in [-0.3, -0.25) is 9.59 Å². The zero-order chi connectivity index (χ0) is 19.5. The molecule has 0 bridgehead atoms. The number of morpholine rings is 1. The van der Waals surface area contributed by atoms with E-state index in [9.17, 15) is 14.0 Å². The first-order valence-corrected chi connectivity index (χ1v) is 9.12. The van der Waals surface area contributed by atoms with E-state index in [0.29, 0.717) is 24.7 Å². The third-order valence-corrected chi connectivity index (χ3v) is 4.85. The maximum Gasteiger partial charge on any atom is 0.230 e. The molecule has 1 atom stereocenters. The lowest BCUT2D eigenvalue weighted by Crippen LogP contribution is -2.36. The van der Waals surface area contributed by atoms with Gasteiger partial charge in [-0.1, -0.05) is 6.07 Å². The van der Waals surface area contributed by atoms with Crippen molar-refractivity contribution < 1.29 is 18.7 Å². The van der Waals surface area contributed by atoms with Crippen molar-refractivity contribution >= 4 is 29.1 Å². The second-order valence-corrected chi connectivity index (χ2v) is 6.74. The molecule has 2 amide bonds. The quantitative estimate of drug-likeness (QED) is 0.857. The minimum Gasteiger partial charge on any atom is -0.378 e. The average Bonchev–Trinajstić information content (AvgIpc) is 3.11. The maximum absolute atomic E-state index is 13.4. The van der Waals surface area contributed by atoms with Gasteiger partial charge in [0.2, 0.25) is 11.8 Å². The number of aromatic nitrogens is 2. The lowest BCUT2D eigenvalue weighted by molar-refractivity contribution is -0.122. The van der Waals surface area contributed by atoms with Crippen LogP contribution >= 0.6 is 0 Å². The second kappa shape index (κ2) is 7.89. The summed E-state index contributed by atoms with van der Waals surface area (Å²) in [6.07, 6.45) is 1.48. The number of rotatable bonds is 4. The molecule has 2 aliphatic heterocycles. The molecule has 0 aliphatic carbocycles. The summed E-state index contributed by atoms with van der Waals surface area (Å²) in [4.78, 5) is 36.8. The molecule has 0 unspecified atom stereocenters. The number of anilines is 3. The fourth-order valence-corrected chi connectivity index (χ4v) is 3.39. The minimum atomic E-state index is -0.530. The molecular weight excluding hydrogens is 365 g/mol. The van der Waals surface area contributed by atoms with E-state index in [1.165, 1.54) is 23.4 Å². The van der Waals surface area contributed by atoms with Crippen LogP contribution in [0.3, 0.4) is 0 Å². The van der Waals surface area contributed by atoms with Gasteiger partial charge in [0.1, 0.15) is 23.8 Å². The zero-order valence-electron chi connectivity index (χ0n) is 15.2. The smallest absolute Gasteiger partial charge is 0.230 e. The topological polar surface area (TPSA) is 87.7 Å². The van der Waals surface area contributed by atoms with Gasteiger partial charge in [0.05, 0.1) is 19.1 Å². The Bertz CT molecular complexity index is 887. The molecule has 2 fully saturated rings. The van der Waals surface area contributed by atoms with E-state index in [2.05, 4.69) is 20.2 Å². The molecule has 28 heavy (non-hydrogen) atoms. The van der Waals surface area contributed by atoms with Crippen molar-refractivity contribution in [2.24, 2.45) is 5.92 Å². The number of nitrogens with one attached hydrogen (secondary N) is 1. The Kier molecular flexibility index (Phi) is 5.16. The van der Waals surface area contributed by atoms with Crippen LogP contribution in [0.5, 0.6) is 0 Å². The van der Waals surface area contributed by atoms with E-state index < -0.39 is 11.7 Å². The molecule has 0 saturated carbocycles. The number of nitrogens with zero attached hydrogens (tertiary/aromatic N) is 4. The van der Waals surface area contributed by atoms with Crippen LogP contribution in [0.1, 0.15) is 6.42 Å². The molecule has 9 heteroatoms. The molecule has 0 spiro atoms. The van der Waals surface area contributed by atoms with Gasteiger partial charge in [-0.05, 0) is 18.2 Å². The van der Waals surface area contributed by atoms with Crippen LogP contribution in [-0.2, 0) is 14.3 Å². The van der Waals surface area contributed by atoms with Crippen molar-refractivity contribution in [2.75, 3.05) is 48.0 Å². The van der Waals surface area contributed by atoms with E-state index >= 15 is 0 Å². The van der Waals surface area contributed by atoms with Crippen LogP contribution in [0.25, 0.3) is 0 Å². The average molecular weight is 385 g/mol. The highest BCUT2D eigenvalue weighted by Crippen LogP contribution is 2.26. The molecular formula is C19H20FN5O3. The molecule has 0 radical (unpaired) electrons. The molecule has 3 heterocycles. The number of carbonyl (C=O) groups excluding carboxylic acids is 2. The predicted molar refractivity (Wildman–Crippen MR) is 101 cm³/mol. The van der Waals surface area contributed by atoms with E-state index in [-0.39, 0.29) is 24.8 Å². The largest absolute Gasteiger partial charge is 0.378 e. The first-order chi connectivity index (χ1) is 13.6. The summed E-state index contributed by atoms with van der Waals surface area (Å²) >= 11 is 0. The number of carbonyl (C=O) groups is 2. The SMILES string of the molecule is O=C(Nc1cc(N2CCOCC2)ncn1)[C@H]1CC(=O)N(c2cccc(F)c2)C1. The molecule has 2 aromatic rings. The van der Waals surface area contributed by atoms with Gasteiger partial charge in [0.25, 0.3) is 0 Å². The van der Waals surface area contributed by atoms with Crippen LogP contribution in [-0.4, -0.2) is 54.6 Å². The normalized spacial score (nSPS) is 19.8. The van der Waals surface area contributed by atoms with Crippen LogP contribution in [0.4, 0.5) is 21.7 Å². The van der Waals surface area contributed by atoms with Crippen molar-refractivity contribution in [3.05, 3.63) is 42.5 Å². The summed E-state index contributed by atoms with van der Waals surface area (Å²) < 4.78 is 18.8. The van der Waals surface area contributed by atoms with Crippen molar-refractivity contribution in [3.63, 3.8) is 0 Å². The number of benzene rings is 1. The Morgan fingerprint density at radius 2 is 2.04 bits per heavy atom. The molecule has 8 nitrogen and oxygen atoms in total. The molecule has 2 saturated heterocycles. The number of ether oxygens (including phenoxy) is 1. The Balaban J connectivity index is 1.42. The van der Waals surface area contributed by atoms with Gasteiger partial charge < -0.3 is 19.9 Å². The zero-order valence-corrected chi connectivity index (χ0v) is 15.2. The fraction of sp³-hybridized carbons (Fsp3) is 0.368. The third-order valence-electron chi connectivity index (χ3n) is 4.85. The molecule has 146 valence electrons. The number of amides is 2. The molecule has 1 aromatic carbocycles. The first kappa shape index (κ1) is 18.3. The van der Waals surface area contributed by atoms with Gasteiger partial charge >= 0.3 is 0 Å². The Morgan fingerprint density at radius 1 is 1.21 bits per heavy atom. The lowest BCUT2D eigenvalue weighted by atomic mass is 10.1. The van der Waals surface area contributed by atoms with E-state index in [0.717, 1.165) is 18.9 Å². The first-order valence-electron chi connectivity index (χ1n) is 9.12. The van der Waals surface area contributed by atoms with Crippen molar-refractivity contribution in [1.29, 1.82) is 0 Å². The van der Waals surface area contributed by atoms with Crippen LogP contribution in [0, 0.1) is 11.7 Å². The fourth-order valence-electron chi connectivity index (χ4n) is 3.39. The Hall–Kier alpha value is -3.07. The highest BCUT2D eigenvalue weighted by atomic mass is 19.1. The number of hydrogen-bond acceptors (Lipinski definition) is 6. The highest BCUT2D eigenvalue weighted by Gasteiger charge is 2.35. The Morgan fingerprint density at radius 3 is 2.82 bits per heavy atom. The maximum atomic E-state index is 13.4. The Labute approximate surface area is 161 Å². The van der Waals surface area contributed by atoms with Crippen molar-refractivity contribution in [2.45, 2.75) is 6.42 Å². The van der Waals surface area contributed by atoms with Gasteiger partial charge in [0, 0.05) is 37.8 Å². The highest BCUT2D eigenvalue weighted by molar-refractivity contribution is 6.03. The van der Waals surface area contributed by atoms with Crippen molar-refractivity contribution in [3.8, 4) is 0 Å². The van der Waals surface area contributed by atoms with Crippen LogP contribution < -0.4 is 15.1 Å². The van der Waals surface area contributed by atoms with E-state index in [4.69, 9.17) is 4.74 Å². The van der Waals surface area contributed by atoms with Crippen LogP contribution in [0.2, 0.25) is 0 Å². The summed E-state index contributed by atoms with van der Waals surface area (Å²) in [7, 11) is 0. The standard InChI is InChI=1S/C19H20FN5O3/c20-14-2-1-3-15(9-14)25-11-13(8-18(25)26)19(27)23-16-10-17(22-12-21-16)24-4-6-28-7-5-24/h1-3,9-10,12-13H,4-8,11H2,(H,21,22,23,27)/t13-/m0/s1. The molecule has 1 aromatic heterocycles. The third kappa shape index (κ3) is 3.94. The predicted octanol–water partition coefficient (Wildman–Crippen LogP) is 1.44. The van der Waals surface area contributed by atoms with Gasteiger partial charge in [-0.15, -0.1) is 0 Å². The summed E-state index contributed by atoms with van der Waals surface area (Å²) in [5, 5.41) is 2.77. The summed E-state index contributed by atoms with van der Waals surface area (Å²) in [6.45, 7) is 2.92. The van der Waals surface area contributed by atoms with E-state index in [1.54, 1.807) is 18.2 Å². The van der Waals surface area contributed by atoms with Crippen LogP contribution in [0.15, 0.2) is 36.7 Å². The summed E-state index contributed by atoms with van der Waals surface area (Å²) in [5.41, 5.74) is 0.455. The van der Waals surface area contributed by atoms with Crippen molar-refractivity contribution in [1.82, 2.24) is 9.97 Å². The van der Waals surface area contributed by atoms with Gasteiger partial charge in [-0.25, -0.2) is 14.4 Å².